The van der Waals surface area contributed by atoms with E-state index in [1.54, 1.807) is 25.3 Å². The minimum absolute atomic E-state index is 0.0311. The van der Waals surface area contributed by atoms with Gasteiger partial charge in [-0.05, 0) is 25.0 Å². The fourth-order valence-electron chi connectivity index (χ4n) is 1.40. The molecule has 0 fully saturated rings. The van der Waals surface area contributed by atoms with Crippen molar-refractivity contribution in [1.29, 1.82) is 0 Å². The molecule has 0 aromatic carbocycles. The Bertz CT molecular complexity index is 460. The number of hydrogen-bond donors (Lipinski definition) is 3. The normalized spacial score (nSPS) is 12.1. The molecule has 0 saturated heterocycles. The Morgan fingerprint density at radius 3 is 2.68 bits per heavy atom. The summed E-state index contributed by atoms with van der Waals surface area (Å²) < 4.78 is 0. The van der Waals surface area contributed by atoms with Gasteiger partial charge in [-0.2, -0.15) is 0 Å². The standard InChI is InChI=1S/C13H20N4O2/c1-8(2)12(14)13(19)16-7-11(18)17-10-5-4-6-15-9(10)3/h4-6,8,12H,7,14H2,1-3H3,(H,16,19)(H,17,18)/t12-/m0/s1. The molecule has 0 unspecified atom stereocenters. The smallest absolute Gasteiger partial charge is 0.243 e. The van der Waals surface area contributed by atoms with Crippen molar-refractivity contribution in [2.75, 3.05) is 11.9 Å². The lowest BCUT2D eigenvalue weighted by Gasteiger charge is -2.15. The molecule has 104 valence electrons. The Hall–Kier alpha value is -1.95. The molecule has 1 aromatic heterocycles. The fourth-order valence-corrected chi connectivity index (χ4v) is 1.40. The number of nitrogens with two attached hydrogens (primary N) is 1. The maximum absolute atomic E-state index is 11.7. The summed E-state index contributed by atoms with van der Waals surface area (Å²) in [7, 11) is 0. The Kier molecular flexibility index (Phi) is 5.44. The van der Waals surface area contributed by atoms with Crippen LogP contribution in [0, 0.1) is 12.8 Å². The van der Waals surface area contributed by atoms with Crippen molar-refractivity contribution >= 4 is 17.5 Å². The van der Waals surface area contributed by atoms with Crippen LogP contribution >= 0.6 is 0 Å². The van der Waals surface area contributed by atoms with Gasteiger partial charge in [0.2, 0.25) is 11.8 Å². The maximum Gasteiger partial charge on any atom is 0.243 e. The molecular formula is C13H20N4O2. The van der Waals surface area contributed by atoms with E-state index in [9.17, 15) is 9.59 Å². The van der Waals surface area contributed by atoms with E-state index in [4.69, 9.17) is 5.73 Å². The Labute approximate surface area is 112 Å². The fraction of sp³-hybridized carbons (Fsp3) is 0.462. The van der Waals surface area contributed by atoms with Crippen LogP contribution in [-0.4, -0.2) is 29.4 Å². The van der Waals surface area contributed by atoms with Crippen LogP contribution in [0.1, 0.15) is 19.5 Å². The van der Waals surface area contributed by atoms with Gasteiger partial charge in [0, 0.05) is 6.20 Å². The molecule has 1 atom stereocenters. The van der Waals surface area contributed by atoms with Crippen molar-refractivity contribution in [3.8, 4) is 0 Å². The van der Waals surface area contributed by atoms with Crippen LogP contribution < -0.4 is 16.4 Å². The molecule has 0 aliphatic heterocycles. The molecule has 1 heterocycles. The van der Waals surface area contributed by atoms with E-state index in [2.05, 4.69) is 15.6 Å². The first-order valence-electron chi connectivity index (χ1n) is 6.16. The molecule has 6 heteroatoms. The van der Waals surface area contributed by atoms with Crippen molar-refractivity contribution in [1.82, 2.24) is 10.3 Å². The van der Waals surface area contributed by atoms with Crippen LogP contribution in [-0.2, 0) is 9.59 Å². The molecule has 1 rings (SSSR count). The van der Waals surface area contributed by atoms with E-state index in [0.29, 0.717) is 5.69 Å². The van der Waals surface area contributed by atoms with Crippen LogP contribution in [0.3, 0.4) is 0 Å². The van der Waals surface area contributed by atoms with Gasteiger partial charge in [0.05, 0.1) is 24.0 Å². The molecule has 1 aromatic rings. The largest absolute Gasteiger partial charge is 0.346 e. The van der Waals surface area contributed by atoms with Crippen LogP contribution in [0.15, 0.2) is 18.3 Å². The Morgan fingerprint density at radius 2 is 2.11 bits per heavy atom. The minimum atomic E-state index is -0.604. The zero-order chi connectivity index (χ0) is 14.4. The third kappa shape index (κ3) is 4.67. The number of rotatable bonds is 5. The summed E-state index contributed by atoms with van der Waals surface area (Å²) in [6.07, 6.45) is 1.65. The maximum atomic E-state index is 11.7. The molecular weight excluding hydrogens is 244 g/mol. The summed E-state index contributed by atoms with van der Waals surface area (Å²) in [5, 5.41) is 5.18. The SMILES string of the molecule is Cc1ncccc1NC(=O)CNC(=O)[C@@H](N)C(C)C. The summed E-state index contributed by atoms with van der Waals surface area (Å²) in [6, 6.07) is 2.88. The van der Waals surface area contributed by atoms with Crippen molar-refractivity contribution in [3.63, 3.8) is 0 Å². The monoisotopic (exact) mass is 264 g/mol. The highest BCUT2D eigenvalue weighted by Crippen LogP contribution is 2.09. The first kappa shape index (κ1) is 15.1. The van der Waals surface area contributed by atoms with Gasteiger partial charge in [0.25, 0.3) is 0 Å². The highest BCUT2D eigenvalue weighted by Gasteiger charge is 2.17. The van der Waals surface area contributed by atoms with E-state index in [1.165, 1.54) is 0 Å². The molecule has 0 bridgehead atoms. The second-order valence-electron chi connectivity index (χ2n) is 4.67. The van der Waals surface area contributed by atoms with Crippen molar-refractivity contribution in [2.45, 2.75) is 26.8 Å². The molecule has 2 amide bonds. The van der Waals surface area contributed by atoms with Gasteiger partial charge in [-0.25, -0.2) is 0 Å². The van der Waals surface area contributed by atoms with E-state index in [-0.39, 0.29) is 24.3 Å². The van der Waals surface area contributed by atoms with Gasteiger partial charge in [-0.1, -0.05) is 13.8 Å². The molecule has 19 heavy (non-hydrogen) atoms. The predicted octanol–water partition coefficient (Wildman–Crippen LogP) is 0.428. The molecule has 6 nitrogen and oxygen atoms in total. The second kappa shape index (κ2) is 6.84. The van der Waals surface area contributed by atoms with Crippen LogP contribution in [0.5, 0.6) is 0 Å². The zero-order valence-corrected chi connectivity index (χ0v) is 11.4. The third-order valence-corrected chi connectivity index (χ3v) is 2.73. The molecule has 4 N–H and O–H groups in total. The van der Waals surface area contributed by atoms with Crippen molar-refractivity contribution in [3.05, 3.63) is 24.0 Å². The lowest BCUT2D eigenvalue weighted by molar-refractivity contribution is -0.125. The predicted molar refractivity (Wildman–Crippen MR) is 73.4 cm³/mol. The molecule has 0 spiro atoms. The Balaban J connectivity index is 2.45. The van der Waals surface area contributed by atoms with E-state index < -0.39 is 6.04 Å². The quantitative estimate of drug-likeness (QED) is 0.718. The molecule has 0 saturated carbocycles. The lowest BCUT2D eigenvalue weighted by atomic mass is 10.1. The molecule has 0 aliphatic carbocycles. The number of nitrogens with one attached hydrogen (secondary N) is 2. The average Bonchev–Trinajstić information content (AvgIpc) is 2.37. The van der Waals surface area contributed by atoms with Gasteiger partial charge in [0.15, 0.2) is 0 Å². The number of carbonyl (C=O) groups is 2. The van der Waals surface area contributed by atoms with Crippen LogP contribution in [0.25, 0.3) is 0 Å². The summed E-state index contributed by atoms with van der Waals surface area (Å²) in [5.74, 6) is -0.600. The molecule has 0 radical (unpaired) electrons. The van der Waals surface area contributed by atoms with Crippen LogP contribution in [0.4, 0.5) is 5.69 Å². The summed E-state index contributed by atoms with van der Waals surface area (Å²) in [5.41, 5.74) is 7.03. The first-order chi connectivity index (χ1) is 8.91. The zero-order valence-electron chi connectivity index (χ0n) is 11.4. The van der Waals surface area contributed by atoms with Gasteiger partial charge in [0.1, 0.15) is 0 Å². The highest BCUT2D eigenvalue weighted by atomic mass is 16.2. The summed E-state index contributed by atoms with van der Waals surface area (Å²) in [6.45, 7) is 5.39. The van der Waals surface area contributed by atoms with E-state index in [1.807, 2.05) is 13.8 Å². The van der Waals surface area contributed by atoms with Crippen molar-refractivity contribution < 1.29 is 9.59 Å². The highest BCUT2D eigenvalue weighted by molar-refractivity contribution is 5.95. The van der Waals surface area contributed by atoms with E-state index in [0.717, 1.165) is 5.69 Å². The van der Waals surface area contributed by atoms with Gasteiger partial charge < -0.3 is 16.4 Å². The van der Waals surface area contributed by atoms with Crippen molar-refractivity contribution in [2.24, 2.45) is 11.7 Å². The number of hydrogen-bond acceptors (Lipinski definition) is 4. The minimum Gasteiger partial charge on any atom is -0.346 e. The average molecular weight is 264 g/mol. The number of anilines is 1. The number of pyridine rings is 1. The number of nitrogens with zero attached hydrogens (tertiary/aromatic N) is 1. The lowest BCUT2D eigenvalue weighted by Crippen LogP contribution is -2.46. The van der Waals surface area contributed by atoms with Gasteiger partial charge in [-0.15, -0.1) is 0 Å². The summed E-state index contributed by atoms with van der Waals surface area (Å²) in [4.78, 5) is 27.3. The van der Waals surface area contributed by atoms with Gasteiger partial charge >= 0.3 is 0 Å². The first-order valence-corrected chi connectivity index (χ1v) is 6.16. The number of carbonyl (C=O) groups excluding carboxylic acids is 2. The number of amides is 2. The van der Waals surface area contributed by atoms with Gasteiger partial charge in [-0.3, -0.25) is 14.6 Å². The third-order valence-electron chi connectivity index (χ3n) is 2.73. The molecule has 0 aliphatic rings. The van der Waals surface area contributed by atoms with E-state index >= 15 is 0 Å². The number of aryl methyl sites for hydroxylation is 1. The summed E-state index contributed by atoms with van der Waals surface area (Å²) >= 11 is 0. The number of aromatic nitrogens is 1. The Morgan fingerprint density at radius 1 is 1.42 bits per heavy atom. The second-order valence-corrected chi connectivity index (χ2v) is 4.67. The topological polar surface area (TPSA) is 97.1 Å². The van der Waals surface area contributed by atoms with Crippen LogP contribution in [0.2, 0.25) is 0 Å².